The number of amides is 1. The van der Waals surface area contributed by atoms with Gasteiger partial charge in [-0.05, 0) is 69.5 Å². The van der Waals surface area contributed by atoms with E-state index in [1.165, 1.54) is 28.8 Å². The second-order valence-corrected chi connectivity index (χ2v) is 9.69. The molecule has 0 aromatic heterocycles. The second-order valence-electron chi connectivity index (χ2n) is 7.16. The zero-order valence-corrected chi connectivity index (χ0v) is 20.1. The molecule has 2 aliphatic heterocycles. The summed E-state index contributed by atoms with van der Waals surface area (Å²) < 4.78 is 30.8. The van der Waals surface area contributed by atoms with E-state index in [4.69, 9.17) is 26.4 Å². The van der Waals surface area contributed by atoms with Gasteiger partial charge in [0.2, 0.25) is 6.79 Å². The first-order valence-electron chi connectivity index (χ1n) is 9.82. The van der Waals surface area contributed by atoms with E-state index >= 15 is 0 Å². The van der Waals surface area contributed by atoms with Gasteiger partial charge in [-0.25, -0.2) is 4.39 Å². The molecule has 3 aromatic rings. The van der Waals surface area contributed by atoms with E-state index in [-0.39, 0.29) is 18.5 Å². The Labute approximate surface area is 207 Å². The number of benzene rings is 3. The Morgan fingerprint density at radius 3 is 2.67 bits per heavy atom. The van der Waals surface area contributed by atoms with Crippen molar-refractivity contribution in [1.82, 2.24) is 0 Å². The van der Waals surface area contributed by atoms with Crippen molar-refractivity contribution in [2.24, 2.45) is 0 Å². The second kappa shape index (κ2) is 9.17. The normalized spacial score (nSPS) is 16.1. The van der Waals surface area contributed by atoms with Gasteiger partial charge >= 0.3 is 0 Å². The van der Waals surface area contributed by atoms with Crippen LogP contribution in [-0.2, 0) is 11.4 Å². The molecule has 0 atom stereocenters. The summed E-state index contributed by atoms with van der Waals surface area (Å²) in [6, 6.07) is 17.0. The van der Waals surface area contributed by atoms with E-state index in [9.17, 15) is 9.18 Å². The molecule has 0 radical (unpaired) electrons. The first-order valence-corrected chi connectivity index (χ1v) is 11.8. The number of halogens is 2. The number of carbonyl (C=O) groups is 1. The predicted molar refractivity (Wildman–Crippen MR) is 133 cm³/mol. The van der Waals surface area contributed by atoms with Crippen molar-refractivity contribution in [3.05, 3.63) is 87.0 Å². The lowest BCUT2D eigenvalue weighted by molar-refractivity contribution is -0.113. The molecule has 1 saturated heterocycles. The van der Waals surface area contributed by atoms with Crippen LogP contribution in [0.5, 0.6) is 17.2 Å². The molecule has 0 saturated carbocycles. The molecule has 9 heteroatoms. The van der Waals surface area contributed by atoms with Gasteiger partial charge in [0.1, 0.15) is 18.2 Å². The quantitative estimate of drug-likeness (QED) is 0.278. The van der Waals surface area contributed by atoms with Crippen LogP contribution in [0, 0.1) is 5.82 Å². The van der Waals surface area contributed by atoms with Crippen LogP contribution in [0.3, 0.4) is 0 Å². The number of anilines is 1. The van der Waals surface area contributed by atoms with Gasteiger partial charge in [0.25, 0.3) is 5.91 Å². The highest BCUT2D eigenvalue weighted by Crippen LogP contribution is 2.41. The van der Waals surface area contributed by atoms with Crippen LogP contribution < -0.4 is 19.1 Å². The molecule has 166 valence electrons. The minimum Gasteiger partial charge on any atom is -0.488 e. The third-order valence-corrected chi connectivity index (χ3v) is 6.89. The Balaban J connectivity index is 1.31. The van der Waals surface area contributed by atoms with Crippen molar-refractivity contribution < 1.29 is 23.4 Å². The van der Waals surface area contributed by atoms with Gasteiger partial charge in [0.05, 0.1) is 15.1 Å². The van der Waals surface area contributed by atoms with E-state index in [2.05, 4.69) is 15.9 Å². The Bertz CT molecular complexity index is 1300. The van der Waals surface area contributed by atoms with Crippen molar-refractivity contribution in [2.75, 3.05) is 11.7 Å². The number of hydrogen-bond donors (Lipinski definition) is 0. The van der Waals surface area contributed by atoms with Crippen molar-refractivity contribution in [3.8, 4) is 17.2 Å². The molecule has 2 aliphatic rings. The minimum absolute atomic E-state index is 0.162. The molecule has 0 N–H and O–H groups in total. The van der Waals surface area contributed by atoms with E-state index in [0.717, 1.165) is 15.6 Å². The fourth-order valence-corrected chi connectivity index (χ4v) is 5.14. The SMILES string of the molecule is O=C1/C(=C/c2ccc(OCc3ccc(F)cc3)c(Br)c2)SC(=S)N1c1ccc2c(c1)OCO2. The smallest absolute Gasteiger partial charge is 0.270 e. The molecule has 5 rings (SSSR count). The lowest BCUT2D eigenvalue weighted by Crippen LogP contribution is -2.27. The molecule has 0 bridgehead atoms. The predicted octanol–water partition coefficient (Wildman–Crippen LogP) is 6.30. The average Bonchev–Trinajstić information content (AvgIpc) is 3.37. The lowest BCUT2D eigenvalue weighted by Gasteiger charge is -2.14. The van der Waals surface area contributed by atoms with Crippen LogP contribution in [0.15, 0.2) is 70.0 Å². The zero-order chi connectivity index (χ0) is 22.9. The molecular weight excluding hydrogens is 529 g/mol. The number of nitrogens with zero attached hydrogens (tertiary/aromatic N) is 1. The maximum absolute atomic E-state index is 13.1. The van der Waals surface area contributed by atoms with Gasteiger partial charge in [0.15, 0.2) is 15.8 Å². The third-order valence-electron chi connectivity index (χ3n) is 4.97. The van der Waals surface area contributed by atoms with Gasteiger partial charge in [-0.1, -0.05) is 42.2 Å². The van der Waals surface area contributed by atoms with Crippen LogP contribution >= 0.6 is 39.9 Å². The summed E-state index contributed by atoms with van der Waals surface area (Å²) in [5.74, 6) is 1.39. The number of thiocarbonyl (C=S) groups is 1. The first-order chi connectivity index (χ1) is 16.0. The van der Waals surface area contributed by atoms with Crippen molar-refractivity contribution >= 4 is 61.9 Å². The summed E-state index contributed by atoms with van der Waals surface area (Å²) in [6.45, 7) is 0.474. The molecule has 3 aromatic carbocycles. The number of fused-ring (bicyclic) bond motifs is 1. The lowest BCUT2D eigenvalue weighted by atomic mass is 10.2. The standard InChI is InChI=1S/C24H15BrFNO4S2/c25-18-9-15(3-7-19(18)29-12-14-1-4-16(26)5-2-14)10-22-23(28)27(24(32)33-22)17-6-8-20-21(11-17)31-13-30-20/h1-11H,12-13H2/b22-10-. The van der Waals surface area contributed by atoms with E-state index < -0.39 is 0 Å². The average molecular weight is 544 g/mol. The van der Waals surface area contributed by atoms with Gasteiger partial charge in [0, 0.05) is 6.07 Å². The molecule has 2 heterocycles. The van der Waals surface area contributed by atoms with Crippen LogP contribution in [-0.4, -0.2) is 17.0 Å². The number of thioether (sulfide) groups is 1. The monoisotopic (exact) mass is 543 g/mol. The zero-order valence-electron chi connectivity index (χ0n) is 16.9. The first kappa shape index (κ1) is 21.9. The molecule has 1 fully saturated rings. The van der Waals surface area contributed by atoms with E-state index in [1.54, 1.807) is 36.4 Å². The van der Waals surface area contributed by atoms with Crippen LogP contribution in [0.2, 0.25) is 0 Å². The van der Waals surface area contributed by atoms with Crippen LogP contribution in [0.4, 0.5) is 10.1 Å². The Morgan fingerprint density at radius 2 is 1.88 bits per heavy atom. The summed E-state index contributed by atoms with van der Waals surface area (Å²) >= 11 is 10.2. The number of hydrogen-bond acceptors (Lipinski definition) is 6. The maximum Gasteiger partial charge on any atom is 0.270 e. The largest absolute Gasteiger partial charge is 0.488 e. The van der Waals surface area contributed by atoms with E-state index in [0.29, 0.717) is 38.8 Å². The third kappa shape index (κ3) is 4.62. The molecule has 33 heavy (non-hydrogen) atoms. The Kier molecular flexibility index (Phi) is 6.09. The number of ether oxygens (including phenoxy) is 3. The van der Waals surface area contributed by atoms with Crippen molar-refractivity contribution in [3.63, 3.8) is 0 Å². The van der Waals surface area contributed by atoms with E-state index in [1.807, 2.05) is 18.2 Å². The molecule has 0 spiro atoms. The Hall–Kier alpha value is -2.88. The fraction of sp³-hybridized carbons (Fsp3) is 0.0833. The number of carbonyl (C=O) groups excluding carboxylic acids is 1. The molecule has 0 unspecified atom stereocenters. The van der Waals surface area contributed by atoms with Gasteiger partial charge in [-0.3, -0.25) is 9.69 Å². The number of rotatable bonds is 5. The Morgan fingerprint density at radius 1 is 1.09 bits per heavy atom. The highest BCUT2D eigenvalue weighted by molar-refractivity contribution is 9.10. The molecule has 5 nitrogen and oxygen atoms in total. The van der Waals surface area contributed by atoms with Gasteiger partial charge in [-0.2, -0.15) is 0 Å². The molecular formula is C24H15BrFNO4S2. The van der Waals surface area contributed by atoms with Crippen LogP contribution in [0.25, 0.3) is 6.08 Å². The molecule has 1 amide bonds. The fourth-order valence-electron chi connectivity index (χ4n) is 3.33. The van der Waals surface area contributed by atoms with Gasteiger partial charge < -0.3 is 14.2 Å². The summed E-state index contributed by atoms with van der Waals surface area (Å²) in [6.07, 6.45) is 1.79. The molecule has 0 aliphatic carbocycles. The summed E-state index contributed by atoms with van der Waals surface area (Å²) in [4.78, 5) is 15.1. The topological polar surface area (TPSA) is 48.0 Å². The summed E-state index contributed by atoms with van der Waals surface area (Å²) in [5, 5.41) is 0. The highest BCUT2D eigenvalue weighted by atomic mass is 79.9. The maximum atomic E-state index is 13.1. The van der Waals surface area contributed by atoms with Gasteiger partial charge in [-0.15, -0.1) is 0 Å². The summed E-state index contributed by atoms with van der Waals surface area (Å²) in [5.41, 5.74) is 2.32. The summed E-state index contributed by atoms with van der Waals surface area (Å²) in [7, 11) is 0. The van der Waals surface area contributed by atoms with Crippen molar-refractivity contribution in [1.29, 1.82) is 0 Å². The van der Waals surface area contributed by atoms with Crippen LogP contribution in [0.1, 0.15) is 11.1 Å². The van der Waals surface area contributed by atoms with Crippen molar-refractivity contribution in [2.45, 2.75) is 6.61 Å². The minimum atomic E-state index is -0.284. The highest BCUT2D eigenvalue weighted by Gasteiger charge is 2.34.